The molecule has 0 unspecified atom stereocenters. The quantitative estimate of drug-likeness (QED) is 0.693. The zero-order chi connectivity index (χ0) is 19.4. The van der Waals surface area contributed by atoms with Gasteiger partial charge in [-0.15, -0.1) is 0 Å². The van der Waals surface area contributed by atoms with Crippen LogP contribution in [0.25, 0.3) is 11.0 Å². The van der Waals surface area contributed by atoms with Crippen molar-refractivity contribution in [2.45, 2.75) is 12.7 Å². The topological polar surface area (TPSA) is 73.2 Å². The third kappa shape index (κ3) is 4.63. The molecule has 0 aliphatic heterocycles. The predicted molar refractivity (Wildman–Crippen MR) is 90.8 cm³/mol. The third-order valence-electron chi connectivity index (χ3n) is 3.66. The second-order valence-corrected chi connectivity index (χ2v) is 5.65. The van der Waals surface area contributed by atoms with E-state index >= 15 is 0 Å². The predicted octanol–water partition coefficient (Wildman–Crippen LogP) is 3.24. The van der Waals surface area contributed by atoms with Gasteiger partial charge in [-0.1, -0.05) is 18.2 Å². The van der Waals surface area contributed by atoms with E-state index in [2.05, 4.69) is 10.3 Å². The highest BCUT2D eigenvalue weighted by atomic mass is 19.4. The molecule has 140 valence electrons. The van der Waals surface area contributed by atoms with Crippen LogP contribution in [0.4, 0.5) is 18.9 Å². The van der Waals surface area contributed by atoms with E-state index in [0.717, 1.165) is 17.6 Å². The van der Waals surface area contributed by atoms with Gasteiger partial charge < -0.3 is 14.6 Å². The van der Waals surface area contributed by atoms with Gasteiger partial charge in [0.05, 0.1) is 22.9 Å². The van der Waals surface area contributed by atoms with Gasteiger partial charge in [-0.3, -0.25) is 9.59 Å². The summed E-state index contributed by atoms with van der Waals surface area (Å²) < 4.78 is 44.4. The van der Waals surface area contributed by atoms with Gasteiger partial charge in [0.1, 0.15) is 6.54 Å². The lowest BCUT2D eigenvalue weighted by molar-refractivity contribution is -0.147. The van der Waals surface area contributed by atoms with Crippen molar-refractivity contribution in [2.75, 3.05) is 11.9 Å². The smallest absolute Gasteiger partial charge is 0.416 e. The standard InChI is InChI=1S/C18H14F3N3O3/c19-18(20,21)12-4-3-5-13(8-12)23-16(25)10-27-17(26)9-24-11-22-14-6-1-2-7-15(14)24/h1-8,11H,9-10H2,(H,23,25). The molecule has 27 heavy (non-hydrogen) atoms. The van der Waals surface area contributed by atoms with Crippen molar-refractivity contribution >= 4 is 28.6 Å². The van der Waals surface area contributed by atoms with Crippen molar-refractivity contribution in [2.24, 2.45) is 0 Å². The molecule has 9 heteroatoms. The maximum Gasteiger partial charge on any atom is 0.416 e. The second-order valence-electron chi connectivity index (χ2n) is 5.65. The van der Waals surface area contributed by atoms with Crippen LogP contribution < -0.4 is 5.32 Å². The Hall–Kier alpha value is -3.36. The Morgan fingerprint density at radius 3 is 2.67 bits per heavy atom. The molecule has 1 heterocycles. The molecular weight excluding hydrogens is 363 g/mol. The molecule has 0 spiro atoms. The summed E-state index contributed by atoms with van der Waals surface area (Å²) in [5, 5.41) is 2.26. The van der Waals surface area contributed by atoms with Crippen molar-refractivity contribution in [3.05, 3.63) is 60.4 Å². The van der Waals surface area contributed by atoms with E-state index in [9.17, 15) is 22.8 Å². The van der Waals surface area contributed by atoms with E-state index in [1.807, 2.05) is 6.07 Å². The maximum absolute atomic E-state index is 12.7. The summed E-state index contributed by atoms with van der Waals surface area (Å²) in [7, 11) is 0. The Labute approximate surface area is 151 Å². The van der Waals surface area contributed by atoms with Crippen molar-refractivity contribution in [1.82, 2.24) is 9.55 Å². The molecule has 0 saturated heterocycles. The Kier molecular flexibility index (Phi) is 5.11. The van der Waals surface area contributed by atoms with E-state index in [1.165, 1.54) is 18.5 Å². The summed E-state index contributed by atoms with van der Waals surface area (Å²) in [4.78, 5) is 27.8. The van der Waals surface area contributed by atoms with Crippen LogP contribution in [0.3, 0.4) is 0 Å². The lowest BCUT2D eigenvalue weighted by Gasteiger charge is -2.10. The first-order chi connectivity index (χ1) is 12.8. The summed E-state index contributed by atoms with van der Waals surface area (Å²) in [5.41, 5.74) is 0.534. The van der Waals surface area contributed by atoms with Crippen LogP contribution in [0, 0.1) is 0 Å². The number of benzene rings is 2. The molecule has 1 amide bonds. The number of carbonyl (C=O) groups is 2. The van der Waals surface area contributed by atoms with E-state index < -0.39 is 30.2 Å². The van der Waals surface area contributed by atoms with Gasteiger partial charge in [0, 0.05) is 5.69 Å². The molecular formula is C18H14F3N3O3. The molecule has 3 aromatic rings. The number of fused-ring (bicyclic) bond motifs is 1. The molecule has 0 saturated carbocycles. The summed E-state index contributed by atoms with van der Waals surface area (Å²) in [6.07, 6.45) is -3.03. The zero-order valence-electron chi connectivity index (χ0n) is 13.9. The van der Waals surface area contributed by atoms with Crippen molar-refractivity contribution in [1.29, 1.82) is 0 Å². The first kappa shape index (κ1) is 18.4. The highest BCUT2D eigenvalue weighted by Crippen LogP contribution is 2.30. The number of amides is 1. The Morgan fingerprint density at radius 1 is 1.11 bits per heavy atom. The van der Waals surface area contributed by atoms with Crippen molar-refractivity contribution in [3.63, 3.8) is 0 Å². The summed E-state index contributed by atoms with van der Waals surface area (Å²) in [5.74, 6) is -1.41. The highest BCUT2D eigenvalue weighted by molar-refractivity contribution is 5.93. The maximum atomic E-state index is 12.7. The van der Waals surface area contributed by atoms with E-state index in [4.69, 9.17) is 4.74 Å². The zero-order valence-corrected chi connectivity index (χ0v) is 13.9. The fraction of sp³-hybridized carbons (Fsp3) is 0.167. The van der Waals surface area contributed by atoms with Gasteiger partial charge in [-0.2, -0.15) is 13.2 Å². The minimum atomic E-state index is -4.51. The lowest BCUT2D eigenvalue weighted by Crippen LogP contribution is -2.23. The molecule has 0 atom stereocenters. The number of imidazole rings is 1. The van der Waals surface area contributed by atoms with Gasteiger partial charge in [-0.25, -0.2) is 4.98 Å². The number of anilines is 1. The molecule has 2 aromatic carbocycles. The molecule has 1 aromatic heterocycles. The summed E-state index contributed by atoms with van der Waals surface area (Å²) in [6.45, 7) is -0.751. The molecule has 0 radical (unpaired) electrons. The van der Waals surface area contributed by atoms with Crippen molar-refractivity contribution in [3.8, 4) is 0 Å². The SMILES string of the molecule is O=C(COC(=O)Cn1cnc2ccccc21)Nc1cccc(C(F)(F)F)c1. The van der Waals surface area contributed by atoms with Gasteiger partial charge in [-0.05, 0) is 30.3 Å². The van der Waals surface area contributed by atoms with Crippen LogP contribution in [-0.2, 0) is 27.0 Å². The van der Waals surface area contributed by atoms with Gasteiger partial charge in [0.2, 0.25) is 0 Å². The average Bonchev–Trinajstić information content (AvgIpc) is 3.03. The minimum absolute atomic E-state index is 0.0357. The number of esters is 1. The fourth-order valence-electron chi connectivity index (χ4n) is 2.44. The van der Waals surface area contributed by atoms with E-state index in [1.54, 1.807) is 22.8 Å². The number of nitrogens with one attached hydrogen (secondary N) is 1. The van der Waals surface area contributed by atoms with Crippen LogP contribution >= 0.6 is 0 Å². The van der Waals surface area contributed by atoms with Gasteiger partial charge in [0.15, 0.2) is 6.61 Å². The normalized spacial score (nSPS) is 11.4. The molecule has 0 fully saturated rings. The number of nitrogens with zero attached hydrogens (tertiary/aromatic N) is 2. The highest BCUT2D eigenvalue weighted by Gasteiger charge is 2.30. The number of ether oxygens (including phenoxy) is 1. The molecule has 0 aliphatic carbocycles. The van der Waals surface area contributed by atoms with Crippen LogP contribution in [-0.4, -0.2) is 28.0 Å². The van der Waals surface area contributed by atoms with Crippen molar-refractivity contribution < 1.29 is 27.5 Å². The first-order valence-corrected chi connectivity index (χ1v) is 7.85. The lowest BCUT2D eigenvalue weighted by atomic mass is 10.2. The van der Waals surface area contributed by atoms with Crippen LogP contribution in [0.2, 0.25) is 0 Å². The third-order valence-corrected chi connectivity index (χ3v) is 3.66. The van der Waals surface area contributed by atoms with Gasteiger partial charge in [0.25, 0.3) is 5.91 Å². The van der Waals surface area contributed by atoms with Crippen LogP contribution in [0.5, 0.6) is 0 Å². The second kappa shape index (κ2) is 7.48. The van der Waals surface area contributed by atoms with Gasteiger partial charge >= 0.3 is 12.1 Å². The average molecular weight is 377 g/mol. The molecule has 1 N–H and O–H groups in total. The number of para-hydroxylation sites is 2. The van der Waals surface area contributed by atoms with Crippen LogP contribution in [0.15, 0.2) is 54.9 Å². The Bertz CT molecular complexity index is 982. The molecule has 3 rings (SSSR count). The Morgan fingerprint density at radius 2 is 1.89 bits per heavy atom. The number of halogens is 3. The first-order valence-electron chi connectivity index (χ1n) is 7.85. The van der Waals surface area contributed by atoms with Crippen LogP contribution in [0.1, 0.15) is 5.56 Å². The number of hydrogen-bond acceptors (Lipinski definition) is 4. The number of rotatable bonds is 5. The number of aromatic nitrogens is 2. The fourth-order valence-corrected chi connectivity index (χ4v) is 2.44. The Balaban J connectivity index is 1.54. The largest absolute Gasteiger partial charge is 0.454 e. The molecule has 0 bridgehead atoms. The number of hydrogen-bond donors (Lipinski definition) is 1. The molecule has 0 aliphatic rings. The minimum Gasteiger partial charge on any atom is -0.454 e. The molecule has 6 nitrogen and oxygen atoms in total. The van der Waals surface area contributed by atoms with E-state index in [-0.39, 0.29) is 12.2 Å². The number of carbonyl (C=O) groups excluding carboxylic acids is 2. The number of alkyl halides is 3. The van der Waals surface area contributed by atoms with E-state index in [0.29, 0.717) is 5.52 Å². The summed E-state index contributed by atoms with van der Waals surface area (Å²) in [6, 6.07) is 11.4. The summed E-state index contributed by atoms with van der Waals surface area (Å²) >= 11 is 0. The monoisotopic (exact) mass is 377 g/mol.